The lowest BCUT2D eigenvalue weighted by Crippen LogP contribution is -2.31. The molecule has 31 heavy (non-hydrogen) atoms. The normalized spacial score (nSPS) is 11.6. The lowest BCUT2D eigenvalue weighted by atomic mass is 10.1. The van der Waals surface area contributed by atoms with Gasteiger partial charge in [0.2, 0.25) is 0 Å². The van der Waals surface area contributed by atoms with E-state index >= 15 is 0 Å². The van der Waals surface area contributed by atoms with Gasteiger partial charge in [0.1, 0.15) is 17.7 Å². The molecule has 0 aliphatic rings. The number of anilines is 2. The van der Waals surface area contributed by atoms with E-state index in [0.717, 1.165) is 16.5 Å². The Morgan fingerprint density at radius 2 is 1.94 bits per heavy atom. The number of nitrogens with zero attached hydrogens (tertiary/aromatic N) is 4. The maximum atomic E-state index is 13.1. The molecule has 0 saturated carbocycles. The second kappa shape index (κ2) is 9.14. The Bertz CT molecular complexity index is 1240. The van der Waals surface area contributed by atoms with Gasteiger partial charge in [-0.2, -0.15) is 5.26 Å². The highest BCUT2D eigenvalue weighted by Crippen LogP contribution is 2.29. The van der Waals surface area contributed by atoms with Crippen molar-refractivity contribution in [3.8, 4) is 11.8 Å². The van der Waals surface area contributed by atoms with Crippen molar-refractivity contribution in [2.45, 2.75) is 13.0 Å². The van der Waals surface area contributed by atoms with Crippen molar-refractivity contribution in [3.63, 3.8) is 0 Å². The predicted molar refractivity (Wildman–Crippen MR) is 119 cm³/mol. The third-order valence-corrected chi connectivity index (χ3v) is 5.14. The molecule has 2 aromatic heterocycles. The average Bonchev–Trinajstić information content (AvgIpc) is 2.74. The summed E-state index contributed by atoms with van der Waals surface area (Å²) in [5.74, 6) is -1.02. The Morgan fingerprint density at radius 3 is 2.55 bits per heavy atom. The van der Waals surface area contributed by atoms with Gasteiger partial charge < -0.3 is 16.4 Å². The molecule has 0 radical (unpaired) electrons. The fourth-order valence-corrected chi connectivity index (χ4v) is 3.49. The first-order valence-electron chi connectivity index (χ1n) is 8.97. The van der Waals surface area contributed by atoms with Gasteiger partial charge in [0, 0.05) is 12.2 Å². The van der Waals surface area contributed by atoms with Crippen LogP contribution >= 0.6 is 23.2 Å². The van der Waals surface area contributed by atoms with E-state index < -0.39 is 11.5 Å². The highest BCUT2D eigenvalue weighted by atomic mass is 35.5. The van der Waals surface area contributed by atoms with E-state index in [1.165, 1.54) is 18.3 Å². The quantitative estimate of drug-likeness (QED) is 0.534. The Hall–Kier alpha value is -3.45. The van der Waals surface area contributed by atoms with Gasteiger partial charge in [0.15, 0.2) is 0 Å². The average molecular weight is 458 g/mol. The van der Waals surface area contributed by atoms with E-state index in [0.29, 0.717) is 5.69 Å². The minimum absolute atomic E-state index is 0.00528. The molecule has 11 heteroatoms. The number of benzene rings is 1. The van der Waals surface area contributed by atoms with Gasteiger partial charge in [-0.15, -0.1) is 0 Å². The van der Waals surface area contributed by atoms with Gasteiger partial charge in [-0.3, -0.25) is 19.1 Å². The van der Waals surface area contributed by atoms with Crippen LogP contribution in [0.25, 0.3) is 5.69 Å². The van der Waals surface area contributed by atoms with Crippen LogP contribution in [0.4, 0.5) is 11.5 Å². The van der Waals surface area contributed by atoms with Crippen LogP contribution in [-0.4, -0.2) is 27.5 Å². The molecule has 4 N–H and O–H groups in total. The number of aromatic nitrogens is 3. The molecule has 0 aliphatic carbocycles. The number of carbonyl (C=O) groups excluding carboxylic acids is 1. The monoisotopic (exact) mass is 457 g/mol. The number of halogens is 2. The fourth-order valence-electron chi connectivity index (χ4n) is 2.82. The van der Waals surface area contributed by atoms with E-state index in [1.54, 1.807) is 19.3 Å². The van der Waals surface area contributed by atoms with Crippen LogP contribution in [0.3, 0.4) is 0 Å². The maximum Gasteiger partial charge on any atom is 0.273 e. The van der Waals surface area contributed by atoms with Gasteiger partial charge in [0.05, 0.1) is 39.2 Å². The Balaban J connectivity index is 2.04. The second-order valence-electron chi connectivity index (χ2n) is 6.55. The molecule has 2 heterocycles. The van der Waals surface area contributed by atoms with E-state index in [4.69, 9.17) is 34.2 Å². The molecule has 0 saturated heterocycles. The lowest BCUT2D eigenvalue weighted by molar-refractivity contribution is 0.102. The van der Waals surface area contributed by atoms with Crippen LogP contribution < -0.4 is 21.9 Å². The summed E-state index contributed by atoms with van der Waals surface area (Å²) in [6.45, 7) is 1.94. The molecule has 3 rings (SSSR count). The highest BCUT2D eigenvalue weighted by Gasteiger charge is 2.21. The maximum absolute atomic E-state index is 13.1. The molecule has 158 valence electrons. The third kappa shape index (κ3) is 4.51. The SMILES string of the molecule is CNC(C)c1cncc(NC(=O)c2c(N)ncn(-c3c(Cl)cc(C#N)cc3Cl)c2=O)c1. The van der Waals surface area contributed by atoms with E-state index in [2.05, 4.69) is 20.6 Å². The van der Waals surface area contributed by atoms with Crippen LogP contribution in [-0.2, 0) is 0 Å². The number of hydrogen-bond acceptors (Lipinski definition) is 7. The van der Waals surface area contributed by atoms with Crippen molar-refractivity contribution in [1.82, 2.24) is 19.9 Å². The second-order valence-corrected chi connectivity index (χ2v) is 7.37. The van der Waals surface area contributed by atoms with Crippen LogP contribution in [0, 0.1) is 11.3 Å². The standard InChI is InChI=1S/C20H17Cl2N7O2/c1-10(25-2)12-5-13(8-26-7-12)28-19(30)16-18(24)27-9-29(20(16)31)17-14(21)3-11(6-23)4-15(17)22/h3-5,7-10,25H,24H2,1-2H3,(H,28,30). The summed E-state index contributed by atoms with van der Waals surface area (Å²) >= 11 is 12.4. The summed E-state index contributed by atoms with van der Waals surface area (Å²) < 4.78 is 1.01. The first kappa shape index (κ1) is 22.2. The molecule has 9 nitrogen and oxygen atoms in total. The van der Waals surface area contributed by atoms with Crippen molar-refractivity contribution in [2.24, 2.45) is 0 Å². The topological polar surface area (TPSA) is 139 Å². The van der Waals surface area contributed by atoms with Crippen molar-refractivity contribution in [2.75, 3.05) is 18.1 Å². The Morgan fingerprint density at radius 1 is 1.26 bits per heavy atom. The minimum atomic E-state index is -0.772. The predicted octanol–water partition coefficient (Wildman–Crippen LogP) is 2.92. The highest BCUT2D eigenvalue weighted by molar-refractivity contribution is 6.38. The zero-order chi connectivity index (χ0) is 22.7. The zero-order valence-corrected chi connectivity index (χ0v) is 18.0. The molecule has 0 fully saturated rings. The summed E-state index contributed by atoms with van der Waals surface area (Å²) in [5, 5.41) is 14.8. The van der Waals surface area contributed by atoms with Crippen LogP contribution in [0.1, 0.15) is 34.5 Å². The number of nitriles is 1. The molecular formula is C20H17Cl2N7O2. The number of rotatable bonds is 5. The molecule has 1 atom stereocenters. The fraction of sp³-hybridized carbons (Fsp3) is 0.150. The van der Waals surface area contributed by atoms with Gasteiger partial charge >= 0.3 is 0 Å². The van der Waals surface area contributed by atoms with E-state index in [-0.39, 0.29) is 38.7 Å². The third-order valence-electron chi connectivity index (χ3n) is 4.57. The number of amides is 1. The molecule has 0 spiro atoms. The van der Waals surface area contributed by atoms with Crippen LogP contribution in [0.15, 0.2) is 41.7 Å². The molecule has 1 unspecified atom stereocenters. The number of pyridine rings is 1. The van der Waals surface area contributed by atoms with E-state index in [1.807, 2.05) is 13.0 Å². The number of hydrogen-bond donors (Lipinski definition) is 3. The first-order valence-corrected chi connectivity index (χ1v) is 9.72. The first-order chi connectivity index (χ1) is 14.8. The number of nitrogens with one attached hydrogen (secondary N) is 2. The molecule has 0 aliphatic heterocycles. The van der Waals surface area contributed by atoms with Crippen molar-refractivity contribution in [1.29, 1.82) is 5.26 Å². The summed E-state index contributed by atoms with van der Waals surface area (Å²) in [5.41, 5.74) is 6.20. The van der Waals surface area contributed by atoms with Crippen molar-refractivity contribution < 1.29 is 4.79 Å². The zero-order valence-electron chi connectivity index (χ0n) is 16.5. The molecule has 1 aromatic carbocycles. The largest absolute Gasteiger partial charge is 0.383 e. The molecule has 3 aromatic rings. The molecule has 1 amide bonds. The molecular weight excluding hydrogens is 441 g/mol. The van der Waals surface area contributed by atoms with Gasteiger partial charge in [-0.05, 0) is 37.7 Å². The number of carbonyl (C=O) groups is 1. The van der Waals surface area contributed by atoms with Gasteiger partial charge in [-0.1, -0.05) is 23.2 Å². The smallest absolute Gasteiger partial charge is 0.273 e. The van der Waals surface area contributed by atoms with Crippen LogP contribution in [0.5, 0.6) is 0 Å². The lowest BCUT2D eigenvalue weighted by Gasteiger charge is -2.14. The van der Waals surface area contributed by atoms with Crippen molar-refractivity contribution >= 4 is 40.6 Å². The minimum Gasteiger partial charge on any atom is -0.383 e. The number of nitrogens with two attached hydrogens (primary N) is 1. The van der Waals surface area contributed by atoms with Gasteiger partial charge in [-0.25, -0.2) is 4.98 Å². The summed E-state index contributed by atoms with van der Waals surface area (Å²) in [4.78, 5) is 34.0. The van der Waals surface area contributed by atoms with Crippen molar-refractivity contribution in [3.05, 3.63) is 74.0 Å². The van der Waals surface area contributed by atoms with Crippen LogP contribution in [0.2, 0.25) is 10.0 Å². The van der Waals surface area contributed by atoms with Gasteiger partial charge in [0.25, 0.3) is 11.5 Å². The summed E-state index contributed by atoms with van der Waals surface area (Å²) in [7, 11) is 1.80. The Labute approximate surface area is 187 Å². The Kier molecular flexibility index (Phi) is 6.56. The summed E-state index contributed by atoms with van der Waals surface area (Å²) in [6.07, 6.45) is 4.23. The molecule has 0 bridgehead atoms. The summed E-state index contributed by atoms with van der Waals surface area (Å²) in [6, 6.07) is 6.36. The number of nitrogen functional groups attached to an aromatic ring is 1. The van der Waals surface area contributed by atoms with E-state index in [9.17, 15) is 9.59 Å².